The van der Waals surface area contributed by atoms with Gasteiger partial charge >= 0.3 is 0 Å². The molecule has 5 nitrogen and oxygen atoms in total. The minimum absolute atomic E-state index is 0.0131. The first-order valence-electron chi connectivity index (χ1n) is 6.80. The van der Waals surface area contributed by atoms with Crippen molar-refractivity contribution in [2.45, 2.75) is 19.9 Å². The second-order valence-corrected chi connectivity index (χ2v) is 4.99. The van der Waals surface area contributed by atoms with Crippen LogP contribution in [0.3, 0.4) is 0 Å². The number of carbonyl (C=O) groups excluding carboxylic acids is 1. The maximum atomic E-state index is 12.2. The first kappa shape index (κ1) is 14.8. The van der Waals surface area contributed by atoms with Crippen molar-refractivity contribution in [2.75, 3.05) is 33.0 Å². The average Bonchev–Trinajstić information content (AvgIpc) is 2.48. The number of hydrogen-bond donors (Lipinski definition) is 1. The van der Waals surface area contributed by atoms with E-state index in [9.17, 15) is 9.90 Å². The summed E-state index contributed by atoms with van der Waals surface area (Å²) in [4.78, 5) is 13.8. The number of aliphatic hydroxyl groups is 1. The summed E-state index contributed by atoms with van der Waals surface area (Å²) in [5.41, 5.74) is 2.18. The van der Waals surface area contributed by atoms with Gasteiger partial charge < -0.3 is 19.5 Å². The molecule has 2 rings (SSSR count). The van der Waals surface area contributed by atoms with Gasteiger partial charge in [-0.25, -0.2) is 0 Å². The summed E-state index contributed by atoms with van der Waals surface area (Å²) in [6, 6.07) is 5.51. The molecule has 1 fully saturated rings. The molecule has 0 radical (unpaired) electrons. The summed E-state index contributed by atoms with van der Waals surface area (Å²) in [6.07, 6.45) is 0. The molecule has 1 aliphatic heterocycles. The fraction of sp³-hybridized carbons (Fsp3) is 0.533. The minimum atomic E-state index is -0.265. The Labute approximate surface area is 119 Å². The highest BCUT2D eigenvalue weighted by atomic mass is 16.5. The Kier molecular flexibility index (Phi) is 4.98. The lowest BCUT2D eigenvalue weighted by Crippen LogP contribution is -2.51. The number of aliphatic hydroxyl groups excluding tert-OH is 1. The lowest BCUT2D eigenvalue weighted by Gasteiger charge is -2.34. The quantitative estimate of drug-likeness (QED) is 0.889. The smallest absolute Gasteiger partial charge is 0.260 e. The predicted molar refractivity (Wildman–Crippen MR) is 74.8 cm³/mol. The molecule has 0 spiro atoms. The molecular formula is C15H21NO4. The molecule has 0 saturated carbocycles. The number of morpholine rings is 1. The fourth-order valence-corrected chi connectivity index (χ4v) is 2.24. The molecular weight excluding hydrogens is 258 g/mol. The highest BCUT2D eigenvalue weighted by molar-refractivity contribution is 5.78. The Bertz CT molecular complexity index is 475. The third-order valence-corrected chi connectivity index (χ3v) is 3.66. The number of aryl methyl sites for hydroxylation is 1. The highest BCUT2D eigenvalue weighted by Crippen LogP contribution is 2.20. The highest BCUT2D eigenvalue weighted by Gasteiger charge is 2.26. The molecule has 0 aromatic heterocycles. The van der Waals surface area contributed by atoms with Gasteiger partial charge in [0.2, 0.25) is 0 Å². The summed E-state index contributed by atoms with van der Waals surface area (Å²) in [7, 11) is 0. The lowest BCUT2D eigenvalue weighted by molar-refractivity contribution is -0.143. The molecule has 5 heteroatoms. The molecule has 0 bridgehead atoms. The van der Waals surface area contributed by atoms with Crippen molar-refractivity contribution in [1.82, 2.24) is 4.90 Å². The Balaban J connectivity index is 1.96. The van der Waals surface area contributed by atoms with Gasteiger partial charge in [-0.3, -0.25) is 4.79 Å². The summed E-state index contributed by atoms with van der Waals surface area (Å²) in [5.74, 6) is 0.611. The molecule has 1 aromatic carbocycles. The van der Waals surface area contributed by atoms with Gasteiger partial charge in [0.1, 0.15) is 5.75 Å². The minimum Gasteiger partial charge on any atom is -0.483 e. The fourth-order valence-electron chi connectivity index (χ4n) is 2.24. The van der Waals surface area contributed by atoms with Crippen molar-refractivity contribution in [3.63, 3.8) is 0 Å². The van der Waals surface area contributed by atoms with Crippen LogP contribution in [-0.4, -0.2) is 54.9 Å². The van der Waals surface area contributed by atoms with Crippen LogP contribution in [0.1, 0.15) is 11.1 Å². The monoisotopic (exact) mass is 279 g/mol. The van der Waals surface area contributed by atoms with Crippen LogP contribution in [-0.2, 0) is 9.53 Å². The first-order valence-corrected chi connectivity index (χ1v) is 6.80. The van der Waals surface area contributed by atoms with E-state index in [1.807, 2.05) is 32.0 Å². The maximum Gasteiger partial charge on any atom is 0.260 e. The van der Waals surface area contributed by atoms with Gasteiger partial charge in [0.25, 0.3) is 5.91 Å². The zero-order valence-electron chi connectivity index (χ0n) is 12.0. The van der Waals surface area contributed by atoms with Gasteiger partial charge in [0.05, 0.1) is 25.9 Å². The number of nitrogens with zero attached hydrogens (tertiary/aromatic N) is 1. The molecule has 0 aliphatic carbocycles. The van der Waals surface area contributed by atoms with Gasteiger partial charge in [-0.1, -0.05) is 12.1 Å². The number of rotatable bonds is 4. The second kappa shape index (κ2) is 6.72. The molecule has 1 unspecified atom stereocenters. The standard InChI is InChI=1S/C15H21NO4/c1-11-4-3-5-14(12(11)2)20-10-15(18)16-6-7-19-9-13(16)8-17/h3-5,13,17H,6-10H2,1-2H3. The summed E-state index contributed by atoms with van der Waals surface area (Å²) < 4.78 is 10.9. The zero-order chi connectivity index (χ0) is 14.5. The van der Waals surface area contributed by atoms with Crippen LogP contribution < -0.4 is 4.74 Å². The number of ether oxygens (including phenoxy) is 2. The Morgan fingerprint density at radius 2 is 2.30 bits per heavy atom. The Morgan fingerprint density at radius 3 is 3.05 bits per heavy atom. The normalized spacial score (nSPS) is 18.9. The second-order valence-electron chi connectivity index (χ2n) is 4.99. The van der Waals surface area contributed by atoms with Gasteiger partial charge in [0, 0.05) is 6.54 Å². The predicted octanol–water partition coefficient (Wildman–Crippen LogP) is 0.902. The maximum absolute atomic E-state index is 12.2. The first-order chi connectivity index (χ1) is 9.63. The Hall–Kier alpha value is -1.59. The van der Waals surface area contributed by atoms with Crippen LogP contribution in [0.2, 0.25) is 0 Å². The van der Waals surface area contributed by atoms with Gasteiger partial charge in [-0.15, -0.1) is 0 Å². The van der Waals surface area contributed by atoms with E-state index in [4.69, 9.17) is 9.47 Å². The van der Waals surface area contributed by atoms with Crippen LogP contribution in [0.4, 0.5) is 0 Å². The number of carbonyl (C=O) groups is 1. The van der Waals surface area contributed by atoms with Crippen LogP contribution in [0, 0.1) is 13.8 Å². The van der Waals surface area contributed by atoms with Gasteiger partial charge in [-0.05, 0) is 31.0 Å². The lowest BCUT2D eigenvalue weighted by atomic mass is 10.1. The van der Waals surface area contributed by atoms with Crippen LogP contribution in [0.5, 0.6) is 5.75 Å². The van der Waals surface area contributed by atoms with E-state index in [2.05, 4.69) is 0 Å². The third-order valence-electron chi connectivity index (χ3n) is 3.66. The molecule has 1 N–H and O–H groups in total. The van der Waals surface area contributed by atoms with Gasteiger partial charge in [-0.2, -0.15) is 0 Å². The van der Waals surface area contributed by atoms with E-state index < -0.39 is 0 Å². The van der Waals surface area contributed by atoms with E-state index in [0.29, 0.717) is 19.8 Å². The number of benzene rings is 1. The SMILES string of the molecule is Cc1cccc(OCC(=O)N2CCOCC2CO)c1C. The molecule has 1 saturated heterocycles. The van der Waals surface area contributed by atoms with E-state index >= 15 is 0 Å². The van der Waals surface area contributed by atoms with E-state index in [1.54, 1.807) is 4.90 Å². The molecule has 1 atom stereocenters. The van der Waals surface area contributed by atoms with E-state index in [1.165, 1.54) is 0 Å². The Morgan fingerprint density at radius 1 is 1.50 bits per heavy atom. The zero-order valence-corrected chi connectivity index (χ0v) is 12.0. The van der Waals surface area contributed by atoms with Crippen molar-refractivity contribution < 1.29 is 19.4 Å². The van der Waals surface area contributed by atoms with Crippen molar-refractivity contribution in [3.05, 3.63) is 29.3 Å². The van der Waals surface area contributed by atoms with E-state index in [0.717, 1.165) is 16.9 Å². The summed E-state index contributed by atoms with van der Waals surface area (Å²) >= 11 is 0. The average molecular weight is 279 g/mol. The van der Waals surface area contributed by atoms with Crippen LogP contribution >= 0.6 is 0 Å². The van der Waals surface area contributed by atoms with Crippen molar-refractivity contribution in [2.24, 2.45) is 0 Å². The summed E-state index contributed by atoms with van der Waals surface area (Å²) in [6.45, 7) is 5.27. The van der Waals surface area contributed by atoms with Crippen molar-refractivity contribution in [1.29, 1.82) is 0 Å². The van der Waals surface area contributed by atoms with Crippen molar-refractivity contribution in [3.8, 4) is 5.75 Å². The number of hydrogen-bond acceptors (Lipinski definition) is 4. The molecule has 1 aliphatic rings. The van der Waals surface area contributed by atoms with E-state index in [-0.39, 0.29) is 25.2 Å². The summed E-state index contributed by atoms with van der Waals surface area (Å²) in [5, 5.41) is 9.26. The molecule has 1 amide bonds. The largest absolute Gasteiger partial charge is 0.483 e. The molecule has 20 heavy (non-hydrogen) atoms. The molecule has 1 aromatic rings. The topological polar surface area (TPSA) is 59.0 Å². The molecule has 110 valence electrons. The van der Waals surface area contributed by atoms with Crippen molar-refractivity contribution >= 4 is 5.91 Å². The van der Waals surface area contributed by atoms with Gasteiger partial charge in [0.15, 0.2) is 6.61 Å². The molecule has 1 heterocycles. The number of amides is 1. The van der Waals surface area contributed by atoms with Crippen LogP contribution in [0.15, 0.2) is 18.2 Å². The third kappa shape index (κ3) is 3.29. The van der Waals surface area contributed by atoms with Crippen LogP contribution in [0.25, 0.3) is 0 Å².